The Morgan fingerprint density at radius 1 is 1.12 bits per heavy atom. The standard InChI is InChI=1S/C23H29NO9S/c1-23(2)14-31-20(18(26)13-25)21(33-23)19(22(27)30-3)24-34(28,29)17-11-9-16(10-12-17)32-15-7-5-4-6-8-15/h4-12,18-21,24-26H,13-14H2,1-3H3/t18-,19+,20+,21+/m0/s1. The zero-order valence-corrected chi connectivity index (χ0v) is 19.9. The van der Waals surface area contributed by atoms with Crippen LogP contribution in [-0.4, -0.2) is 74.9 Å². The Hall–Kier alpha value is -2.54. The molecule has 0 bridgehead atoms. The minimum atomic E-state index is -4.23. The number of esters is 1. The summed E-state index contributed by atoms with van der Waals surface area (Å²) in [4.78, 5) is 12.5. The summed E-state index contributed by atoms with van der Waals surface area (Å²) in [6.45, 7) is 2.77. The predicted octanol–water partition coefficient (Wildman–Crippen LogP) is 1.21. The molecule has 0 spiro atoms. The van der Waals surface area contributed by atoms with Gasteiger partial charge in [-0.3, -0.25) is 4.79 Å². The fraction of sp³-hybridized carbons (Fsp3) is 0.435. The molecular weight excluding hydrogens is 466 g/mol. The van der Waals surface area contributed by atoms with Gasteiger partial charge in [-0.05, 0) is 50.2 Å². The fourth-order valence-corrected chi connectivity index (χ4v) is 4.67. The molecule has 2 aromatic carbocycles. The highest BCUT2D eigenvalue weighted by atomic mass is 32.2. The molecule has 1 aliphatic heterocycles. The third kappa shape index (κ3) is 6.32. The number of nitrogens with one attached hydrogen (secondary N) is 1. The third-order valence-electron chi connectivity index (χ3n) is 5.15. The van der Waals surface area contributed by atoms with Gasteiger partial charge in [0, 0.05) is 0 Å². The number of carbonyl (C=O) groups is 1. The van der Waals surface area contributed by atoms with E-state index >= 15 is 0 Å². The highest BCUT2D eigenvalue weighted by Crippen LogP contribution is 2.29. The van der Waals surface area contributed by atoms with Crippen LogP contribution in [0.15, 0.2) is 59.5 Å². The van der Waals surface area contributed by atoms with Gasteiger partial charge in [-0.25, -0.2) is 8.42 Å². The molecule has 4 atom stereocenters. The van der Waals surface area contributed by atoms with Gasteiger partial charge in [0.1, 0.15) is 35.9 Å². The van der Waals surface area contributed by atoms with Gasteiger partial charge in [0.25, 0.3) is 0 Å². The summed E-state index contributed by atoms with van der Waals surface area (Å²) in [5, 5.41) is 19.6. The van der Waals surface area contributed by atoms with E-state index in [0.29, 0.717) is 11.5 Å². The van der Waals surface area contributed by atoms with Gasteiger partial charge in [0.05, 0.1) is 30.8 Å². The van der Waals surface area contributed by atoms with E-state index in [4.69, 9.17) is 18.9 Å². The van der Waals surface area contributed by atoms with Crippen LogP contribution >= 0.6 is 0 Å². The van der Waals surface area contributed by atoms with Crippen molar-refractivity contribution in [1.29, 1.82) is 0 Å². The monoisotopic (exact) mass is 495 g/mol. The quantitative estimate of drug-likeness (QED) is 0.438. The topological polar surface area (TPSA) is 141 Å². The molecule has 0 amide bonds. The number of rotatable bonds is 9. The molecule has 1 heterocycles. The number of sulfonamides is 1. The minimum absolute atomic E-state index is 0.0642. The van der Waals surface area contributed by atoms with Gasteiger partial charge >= 0.3 is 5.97 Å². The van der Waals surface area contributed by atoms with E-state index < -0.39 is 52.6 Å². The lowest BCUT2D eigenvalue weighted by Gasteiger charge is -2.44. The van der Waals surface area contributed by atoms with Gasteiger partial charge in [0.2, 0.25) is 10.0 Å². The number of carbonyl (C=O) groups excluding carboxylic acids is 1. The highest BCUT2D eigenvalue weighted by Gasteiger charge is 2.48. The van der Waals surface area contributed by atoms with Crippen molar-refractivity contribution in [3.05, 3.63) is 54.6 Å². The van der Waals surface area contributed by atoms with Crippen LogP contribution in [0.2, 0.25) is 0 Å². The molecule has 1 saturated heterocycles. The summed E-state index contributed by atoms with van der Waals surface area (Å²) in [6, 6.07) is 13.1. The average molecular weight is 496 g/mol. The van der Waals surface area contributed by atoms with Crippen LogP contribution in [0.4, 0.5) is 0 Å². The van der Waals surface area contributed by atoms with Crippen LogP contribution in [0.3, 0.4) is 0 Å². The molecule has 3 rings (SSSR count). The molecule has 1 fully saturated rings. The predicted molar refractivity (Wildman–Crippen MR) is 121 cm³/mol. The van der Waals surface area contributed by atoms with Crippen LogP contribution in [0.5, 0.6) is 11.5 Å². The molecule has 3 N–H and O–H groups in total. The molecule has 0 saturated carbocycles. The van der Waals surface area contributed by atoms with Crippen molar-refractivity contribution >= 4 is 16.0 Å². The molecule has 0 aliphatic carbocycles. The Morgan fingerprint density at radius 3 is 2.32 bits per heavy atom. The number of benzene rings is 2. The van der Waals surface area contributed by atoms with Gasteiger partial charge in [-0.2, -0.15) is 4.72 Å². The normalized spacial score (nSPS) is 21.9. The van der Waals surface area contributed by atoms with Crippen LogP contribution < -0.4 is 9.46 Å². The Balaban J connectivity index is 1.85. The van der Waals surface area contributed by atoms with Crippen molar-refractivity contribution in [1.82, 2.24) is 4.72 Å². The Kier molecular flexibility index (Phi) is 8.29. The minimum Gasteiger partial charge on any atom is -0.468 e. The summed E-state index contributed by atoms with van der Waals surface area (Å²) < 4.78 is 50.6. The molecule has 11 heteroatoms. The van der Waals surface area contributed by atoms with Crippen molar-refractivity contribution < 1.29 is 42.4 Å². The first-order chi connectivity index (χ1) is 16.1. The maximum absolute atomic E-state index is 13.1. The van der Waals surface area contributed by atoms with Crippen molar-refractivity contribution in [2.75, 3.05) is 20.3 Å². The number of ether oxygens (including phenoxy) is 4. The van der Waals surface area contributed by atoms with E-state index in [9.17, 15) is 23.4 Å². The SMILES string of the molecule is COC(=O)[C@H](NS(=O)(=O)c1ccc(Oc2ccccc2)cc1)[C@H]1OC(C)(C)CO[C@@H]1[C@@H](O)CO. The van der Waals surface area contributed by atoms with Crippen LogP contribution in [0.25, 0.3) is 0 Å². The average Bonchev–Trinajstić information content (AvgIpc) is 2.82. The van der Waals surface area contributed by atoms with Crippen LogP contribution in [0.1, 0.15) is 13.8 Å². The molecule has 2 aromatic rings. The van der Waals surface area contributed by atoms with Gasteiger partial charge in [0.15, 0.2) is 0 Å². The van der Waals surface area contributed by atoms with Gasteiger partial charge in [-0.1, -0.05) is 18.2 Å². The Morgan fingerprint density at radius 2 is 1.74 bits per heavy atom. The van der Waals surface area contributed by atoms with Gasteiger partial charge < -0.3 is 29.2 Å². The van der Waals surface area contributed by atoms with Gasteiger partial charge in [-0.15, -0.1) is 0 Å². The molecule has 0 aromatic heterocycles. The lowest BCUT2D eigenvalue weighted by molar-refractivity contribution is -0.249. The second-order valence-corrected chi connectivity index (χ2v) is 10.1. The van der Waals surface area contributed by atoms with Crippen molar-refractivity contribution in [3.63, 3.8) is 0 Å². The smallest absolute Gasteiger partial charge is 0.326 e. The van der Waals surface area contributed by atoms with E-state index in [1.54, 1.807) is 26.0 Å². The van der Waals surface area contributed by atoms with E-state index in [1.807, 2.05) is 18.2 Å². The number of methoxy groups -OCH3 is 1. The Bertz CT molecular complexity index is 1060. The number of aliphatic hydroxyl groups excluding tert-OH is 2. The van der Waals surface area contributed by atoms with Crippen LogP contribution in [-0.2, 0) is 29.0 Å². The first-order valence-electron chi connectivity index (χ1n) is 10.6. The lowest BCUT2D eigenvalue weighted by atomic mass is 9.97. The zero-order valence-electron chi connectivity index (χ0n) is 19.1. The molecule has 0 radical (unpaired) electrons. The van der Waals surface area contributed by atoms with E-state index in [1.165, 1.54) is 24.3 Å². The van der Waals surface area contributed by atoms with Crippen molar-refractivity contribution in [3.8, 4) is 11.5 Å². The summed E-state index contributed by atoms with van der Waals surface area (Å²) >= 11 is 0. The van der Waals surface area contributed by atoms with Crippen molar-refractivity contribution in [2.24, 2.45) is 0 Å². The molecule has 34 heavy (non-hydrogen) atoms. The second-order valence-electron chi connectivity index (χ2n) is 8.38. The molecule has 186 valence electrons. The Labute approximate surface area is 198 Å². The summed E-state index contributed by atoms with van der Waals surface area (Å²) in [6.07, 6.45) is -3.85. The van der Waals surface area contributed by atoms with E-state index in [2.05, 4.69) is 4.72 Å². The number of hydrogen-bond donors (Lipinski definition) is 3. The molecular formula is C23H29NO9S. The highest BCUT2D eigenvalue weighted by molar-refractivity contribution is 7.89. The number of aliphatic hydroxyl groups is 2. The molecule has 1 aliphatic rings. The first-order valence-corrected chi connectivity index (χ1v) is 12.1. The van der Waals surface area contributed by atoms with Crippen LogP contribution in [0, 0.1) is 0 Å². The molecule has 10 nitrogen and oxygen atoms in total. The van der Waals surface area contributed by atoms with E-state index in [-0.39, 0.29) is 11.5 Å². The maximum atomic E-state index is 13.1. The summed E-state index contributed by atoms with van der Waals surface area (Å²) in [5.74, 6) is 0.0770. The first kappa shape index (κ1) is 26.1. The largest absolute Gasteiger partial charge is 0.468 e. The third-order valence-corrected chi connectivity index (χ3v) is 6.60. The summed E-state index contributed by atoms with van der Waals surface area (Å²) in [7, 11) is -3.13. The fourth-order valence-electron chi connectivity index (χ4n) is 3.48. The second kappa shape index (κ2) is 10.8. The maximum Gasteiger partial charge on any atom is 0.326 e. The number of para-hydroxylation sites is 1. The van der Waals surface area contributed by atoms with E-state index in [0.717, 1.165) is 7.11 Å². The zero-order chi connectivity index (χ0) is 24.9. The molecule has 0 unspecified atom stereocenters. The number of hydrogen-bond acceptors (Lipinski definition) is 9. The summed E-state index contributed by atoms with van der Waals surface area (Å²) in [5.41, 5.74) is -0.884. The van der Waals surface area contributed by atoms with Crippen molar-refractivity contribution in [2.45, 2.75) is 48.7 Å². The lowest BCUT2D eigenvalue weighted by Crippen LogP contribution is -2.63.